The van der Waals surface area contributed by atoms with Crippen molar-refractivity contribution in [1.29, 1.82) is 0 Å². The van der Waals surface area contributed by atoms with Gasteiger partial charge in [-0.2, -0.15) is 0 Å². The van der Waals surface area contributed by atoms with Crippen molar-refractivity contribution >= 4 is 5.91 Å². The average molecular weight is 239 g/mol. The van der Waals surface area contributed by atoms with E-state index < -0.39 is 0 Å². The molecular formula is C12H17NO4. The number of carbonyl (C=O) groups is 1. The number of benzene rings is 1. The zero-order chi connectivity index (χ0) is 12.5. The molecule has 0 radical (unpaired) electrons. The zero-order valence-corrected chi connectivity index (χ0v) is 9.81. The Hall–Kier alpha value is -1.75. The first-order valence-electron chi connectivity index (χ1n) is 5.41. The van der Waals surface area contributed by atoms with E-state index in [0.717, 1.165) is 0 Å². The van der Waals surface area contributed by atoms with Crippen molar-refractivity contribution < 1.29 is 19.4 Å². The van der Waals surface area contributed by atoms with Crippen LogP contribution in [0.4, 0.5) is 0 Å². The molecule has 0 aliphatic carbocycles. The SMILES string of the molecule is COc1ccccc1OCCC(=O)NCCO. The minimum atomic E-state index is -0.144. The first-order chi connectivity index (χ1) is 8.27. The molecule has 17 heavy (non-hydrogen) atoms. The van der Waals surface area contributed by atoms with Gasteiger partial charge in [-0.05, 0) is 12.1 Å². The molecule has 0 aliphatic rings. The highest BCUT2D eigenvalue weighted by Gasteiger charge is 2.04. The third-order valence-electron chi connectivity index (χ3n) is 2.09. The second-order valence-electron chi connectivity index (χ2n) is 3.32. The summed E-state index contributed by atoms with van der Waals surface area (Å²) in [6.45, 7) is 0.490. The van der Waals surface area contributed by atoms with Gasteiger partial charge in [-0.15, -0.1) is 0 Å². The summed E-state index contributed by atoms with van der Waals surface area (Å²) < 4.78 is 10.5. The van der Waals surface area contributed by atoms with Crippen molar-refractivity contribution in [3.05, 3.63) is 24.3 Å². The number of rotatable bonds is 7. The van der Waals surface area contributed by atoms with Crippen LogP contribution in [0.1, 0.15) is 6.42 Å². The van der Waals surface area contributed by atoms with Crippen LogP contribution in [0.15, 0.2) is 24.3 Å². The molecule has 5 heteroatoms. The van der Waals surface area contributed by atoms with Crippen LogP contribution in [0.25, 0.3) is 0 Å². The van der Waals surface area contributed by atoms with Crippen LogP contribution in [0.3, 0.4) is 0 Å². The number of carbonyl (C=O) groups excluding carboxylic acids is 1. The lowest BCUT2D eigenvalue weighted by Gasteiger charge is -2.10. The molecule has 0 saturated carbocycles. The van der Waals surface area contributed by atoms with Crippen molar-refractivity contribution in [3.63, 3.8) is 0 Å². The molecule has 0 aromatic heterocycles. The highest BCUT2D eigenvalue weighted by molar-refractivity contribution is 5.75. The first kappa shape index (κ1) is 13.3. The predicted octanol–water partition coefficient (Wildman–Crippen LogP) is 0.573. The summed E-state index contributed by atoms with van der Waals surface area (Å²) in [5.74, 6) is 1.11. The van der Waals surface area contributed by atoms with Crippen LogP contribution in [0.5, 0.6) is 11.5 Å². The standard InChI is InChI=1S/C12H17NO4/c1-16-10-4-2-3-5-11(10)17-9-6-12(15)13-7-8-14/h2-5,14H,6-9H2,1H3,(H,13,15). The molecule has 1 aromatic rings. The van der Waals surface area contributed by atoms with Crippen molar-refractivity contribution in [2.45, 2.75) is 6.42 Å². The molecule has 0 atom stereocenters. The third-order valence-corrected chi connectivity index (χ3v) is 2.09. The number of aliphatic hydroxyl groups is 1. The van der Waals surface area contributed by atoms with Gasteiger partial charge < -0.3 is 19.9 Å². The van der Waals surface area contributed by atoms with Crippen molar-refractivity contribution in [1.82, 2.24) is 5.32 Å². The van der Waals surface area contributed by atoms with E-state index >= 15 is 0 Å². The third kappa shape index (κ3) is 4.74. The van der Waals surface area contributed by atoms with Crippen LogP contribution in [0.2, 0.25) is 0 Å². The number of methoxy groups -OCH3 is 1. The van der Waals surface area contributed by atoms with Crippen LogP contribution in [-0.4, -0.2) is 37.9 Å². The summed E-state index contributed by atoms with van der Waals surface area (Å²) in [5, 5.41) is 11.1. The molecule has 5 nitrogen and oxygen atoms in total. The molecule has 0 heterocycles. The Kier molecular flexibility index (Phi) is 5.88. The van der Waals surface area contributed by atoms with Gasteiger partial charge >= 0.3 is 0 Å². The Bertz CT molecular complexity index is 354. The van der Waals surface area contributed by atoms with Crippen LogP contribution in [0, 0.1) is 0 Å². The zero-order valence-electron chi connectivity index (χ0n) is 9.81. The van der Waals surface area contributed by atoms with E-state index in [-0.39, 0.29) is 32.1 Å². The predicted molar refractivity (Wildman–Crippen MR) is 63.2 cm³/mol. The maximum atomic E-state index is 11.2. The van der Waals surface area contributed by atoms with Crippen LogP contribution in [-0.2, 0) is 4.79 Å². The average Bonchev–Trinajstić information content (AvgIpc) is 2.37. The van der Waals surface area contributed by atoms with Crippen molar-refractivity contribution in [2.75, 3.05) is 26.9 Å². The van der Waals surface area contributed by atoms with Crippen molar-refractivity contribution in [2.24, 2.45) is 0 Å². The number of hydrogen-bond donors (Lipinski definition) is 2. The van der Waals surface area contributed by atoms with Gasteiger partial charge in [-0.3, -0.25) is 4.79 Å². The monoisotopic (exact) mass is 239 g/mol. The van der Waals surface area contributed by atoms with E-state index in [0.29, 0.717) is 11.5 Å². The number of ether oxygens (including phenoxy) is 2. The first-order valence-corrected chi connectivity index (χ1v) is 5.41. The fourth-order valence-electron chi connectivity index (χ4n) is 1.28. The second kappa shape index (κ2) is 7.51. The van der Waals surface area contributed by atoms with Crippen molar-refractivity contribution in [3.8, 4) is 11.5 Å². The fourth-order valence-corrected chi connectivity index (χ4v) is 1.28. The Morgan fingerprint density at radius 2 is 2.06 bits per heavy atom. The number of nitrogens with one attached hydrogen (secondary N) is 1. The second-order valence-corrected chi connectivity index (χ2v) is 3.32. The maximum Gasteiger partial charge on any atom is 0.223 e. The molecule has 0 aliphatic heterocycles. The van der Waals surface area contributed by atoms with Crippen LogP contribution < -0.4 is 14.8 Å². The summed E-state index contributed by atoms with van der Waals surface area (Å²) in [6, 6.07) is 7.26. The summed E-state index contributed by atoms with van der Waals surface area (Å²) in [7, 11) is 1.57. The van der Waals surface area contributed by atoms with Gasteiger partial charge in [0, 0.05) is 6.54 Å². The van der Waals surface area contributed by atoms with Gasteiger partial charge in [-0.1, -0.05) is 12.1 Å². The highest BCUT2D eigenvalue weighted by atomic mass is 16.5. The topological polar surface area (TPSA) is 67.8 Å². The van der Waals surface area contributed by atoms with Gasteiger partial charge in [0.25, 0.3) is 0 Å². The lowest BCUT2D eigenvalue weighted by atomic mass is 10.3. The van der Waals surface area contributed by atoms with Gasteiger partial charge in [0.15, 0.2) is 11.5 Å². The largest absolute Gasteiger partial charge is 0.493 e. The molecule has 0 fully saturated rings. The molecule has 1 amide bonds. The molecule has 94 valence electrons. The van der Waals surface area contributed by atoms with Gasteiger partial charge in [0.1, 0.15) is 0 Å². The summed E-state index contributed by atoms with van der Waals surface area (Å²) in [6.07, 6.45) is 0.248. The van der Waals surface area contributed by atoms with Crippen LogP contribution >= 0.6 is 0 Å². The number of para-hydroxylation sites is 2. The molecule has 1 aromatic carbocycles. The Balaban J connectivity index is 2.33. The molecule has 0 spiro atoms. The minimum Gasteiger partial charge on any atom is -0.493 e. The maximum absolute atomic E-state index is 11.2. The Morgan fingerprint density at radius 1 is 1.35 bits per heavy atom. The normalized spacial score (nSPS) is 9.76. The minimum absolute atomic E-state index is 0.0564. The smallest absolute Gasteiger partial charge is 0.223 e. The van der Waals surface area contributed by atoms with Gasteiger partial charge in [-0.25, -0.2) is 0 Å². The lowest BCUT2D eigenvalue weighted by Crippen LogP contribution is -2.27. The van der Waals surface area contributed by atoms with E-state index in [1.807, 2.05) is 12.1 Å². The highest BCUT2D eigenvalue weighted by Crippen LogP contribution is 2.25. The summed E-state index contributed by atoms with van der Waals surface area (Å²) >= 11 is 0. The van der Waals surface area contributed by atoms with E-state index in [2.05, 4.69) is 5.32 Å². The van der Waals surface area contributed by atoms with E-state index in [9.17, 15) is 4.79 Å². The lowest BCUT2D eigenvalue weighted by molar-refractivity contribution is -0.121. The molecule has 2 N–H and O–H groups in total. The molecule has 1 rings (SSSR count). The number of hydrogen-bond acceptors (Lipinski definition) is 4. The summed E-state index contributed by atoms with van der Waals surface area (Å²) in [5.41, 5.74) is 0. The quantitative estimate of drug-likeness (QED) is 0.730. The number of aliphatic hydroxyl groups excluding tert-OH is 1. The van der Waals surface area contributed by atoms with E-state index in [1.54, 1.807) is 19.2 Å². The van der Waals surface area contributed by atoms with E-state index in [4.69, 9.17) is 14.6 Å². The molecule has 0 bridgehead atoms. The number of amides is 1. The Morgan fingerprint density at radius 3 is 2.71 bits per heavy atom. The summed E-state index contributed by atoms with van der Waals surface area (Å²) in [4.78, 5) is 11.2. The van der Waals surface area contributed by atoms with E-state index in [1.165, 1.54) is 0 Å². The van der Waals surface area contributed by atoms with Gasteiger partial charge in [0.05, 0.1) is 26.7 Å². The van der Waals surface area contributed by atoms with Gasteiger partial charge in [0.2, 0.25) is 5.91 Å². The Labute approximate surface area is 100 Å². The molecular weight excluding hydrogens is 222 g/mol. The molecule has 0 unspecified atom stereocenters. The molecule has 0 saturated heterocycles. The fraction of sp³-hybridized carbons (Fsp3) is 0.417.